The smallest absolute Gasteiger partial charge is 0.267 e. The lowest BCUT2D eigenvalue weighted by Gasteiger charge is -2.20. The molecule has 0 bridgehead atoms. The second-order valence-corrected chi connectivity index (χ2v) is 6.48. The molecule has 156 valence electrons. The summed E-state index contributed by atoms with van der Waals surface area (Å²) in [5.41, 5.74) is 10.2. The number of nitrogen functional groups attached to an aromatic ring is 2. The van der Waals surface area contributed by atoms with Crippen molar-refractivity contribution in [3.63, 3.8) is 0 Å². The highest BCUT2D eigenvalue weighted by Crippen LogP contribution is 2.25. The van der Waals surface area contributed by atoms with Crippen LogP contribution < -0.4 is 22.3 Å². The number of H-pyrrole nitrogens is 1. The van der Waals surface area contributed by atoms with Crippen LogP contribution in [0.3, 0.4) is 0 Å². The molecule has 11 nitrogen and oxygen atoms in total. The van der Waals surface area contributed by atoms with E-state index in [1.165, 1.54) is 12.3 Å². The van der Waals surface area contributed by atoms with Gasteiger partial charge in [-0.2, -0.15) is 20.3 Å². The molecule has 4 aromatic rings. The van der Waals surface area contributed by atoms with Crippen molar-refractivity contribution in [2.24, 2.45) is 0 Å². The van der Waals surface area contributed by atoms with Gasteiger partial charge in [-0.3, -0.25) is 9.89 Å². The highest BCUT2D eigenvalue weighted by molar-refractivity contribution is 5.79. The second-order valence-electron chi connectivity index (χ2n) is 6.48. The lowest BCUT2D eigenvalue weighted by Crippen LogP contribution is -2.28. The normalized spacial score (nSPS) is 11.9. The first-order valence-electron chi connectivity index (χ1n) is 8.81. The summed E-state index contributed by atoms with van der Waals surface area (Å²) in [4.78, 5) is 25.0. The summed E-state index contributed by atoms with van der Waals surface area (Å²) in [5.74, 6) is -2.50. The van der Waals surface area contributed by atoms with Gasteiger partial charge in [0.1, 0.15) is 34.6 Å². The van der Waals surface area contributed by atoms with Gasteiger partial charge in [-0.05, 0) is 19.1 Å². The van der Waals surface area contributed by atoms with Crippen molar-refractivity contribution in [2.75, 3.05) is 16.8 Å². The number of benzene rings is 1. The number of anilines is 3. The predicted octanol–water partition coefficient (Wildman–Crippen LogP) is 1.39. The Bertz CT molecular complexity index is 1410. The molecule has 3 aromatic heterocycles. The van der Waals surface area contributed by atoms with Crippen LogP contribution in [0.4, 0.5) is 26.4 Å². The van der Waals surface area contributed by atoms with Crippen molar-refractivity contribution in [3.05, 3.63) is 57.8 Å². The maximum Gasteiger partial charge on any atom is 0.267 e. The van der Waals surface area contributed by atoms with Crippen LogP contribution in [0.2, 0.25) is 0 Å². The lowest BCUT2D eigenvalue weighted by atomic mass is 10.2. The number of aromatic nitrogens is 6. The highest BCUT2D eigenvalue weighted by Gasteiger charge is 2.23. The summed E-state index contributed by atoms with van der Waals surface area (Å²) in [6, 6.07) is 4.53. The standard InChI is InChI=1S/C18H14F2N10O/c1-7(25-15-9(6-21)14(22)27-18(23)28-15)16-26-13-8(2-3-10(19)12(13)20)17(31)30(16)11-4-5-24-29-11/h2-5,7H,1H3,(H,24,29)(H5,22,23,25,27,28). The molecule has 0 saturated carbocycles. The third-order valence-electron chi connectivity index (χ3n) is 4.49. The summed E-state index contributed by atoms with van der Waals surface area (Å²) >= 11 is 0. The minimum absolute atomic E-state index is 0.00843. The number of nitrogens with one attached hydrogen (secondary N) is 2. The number of rotatable bonds is 4. The topological polar surface area (TPSA) is 177 Å². The van der Waals surface area contributed by atoms with Gasteiger partial charge in [-0.1, -0.05) is 0 Å². The van der Waals surface area contributed by atoms with Crippen molar-refractivity contribution in [1.82, 2.24) is 29.7 Å². The minimum Gasteiger partial charge on any atom is -0.382 e. The Morgan fingerprint density at radius 1 is 1.23 bits per heavy atom. The largest absolute Gasteiger partial charge is 0.382 e. The molecule has 3 heterocycles. The Morgan fingerprint density at radius 3 is 2.68 bits per heavy atom. The number of nitriles is 1. The fourth-order valence-electron chi connectivity index (χ4n) is 3.09. The zero-order valence-corrected chi connectivity index (χ0v) is 15.9. The summed E-state index contributed by atoms with van der Waals surface area (Å²) in [5, 5.41) is 18.6. The van der Waals surface area contributed by atoms with Gasteiger partial charge in [0, 0.05) is 6.07 Å². The fourth-order valence-corrected chi connectivity index (χ4v) is 3.09. The van der Waals surface area contributed by atoms with Crippen molar-refractivity contribution in [1.29, 1.82) is 5.26 Å². The van der Waals surface area contributed by atoms with Gasteiger partial charge in [-0.15, -0.1) is 0 Å². The van der Waals surface area contributed by atoms with Gasteiger partial charge in [0.15, 0.2) is 17.5 Å². The highest BCUT2D eigenvalue weighted by atomic mass is 19.2. The number of nitrogens with zero attached hydrogens (tertiary/aromatic N) is 6. The molecule has 0 aliphatic carbocycles. The van der Waals surface area contributed by atoms with Crippen LogP contribution in [-0.4, -0.2) is 29.7 Å². The van der Waals surface area contributed by atoms with Crippen LogP contribution in [0.1, 0.15) is 24.4 Å². The van der Waals surface area contributed by atoms with Crippen LogP contribution in [0.5, 0.6) is 0 Å². The average molecular weight is 424 g/mol. The Balaban J connectivity index is 1.95. The molecular weight excluding hydrogens is 410 g/mol. The number of nitrogens with two attached hydrogens (primary N) is 2. The van der Waals surface area contributed by atoms with Gasteiger partial charge in [0.25, 0.3) is 5.56 Å². The number of hydrogen-bond donors (Lipinski definition) is 4. The predicted molar refractivity (Wildman–Crippen MR) is 107 cm³/mol. The number of fused-ring (bicyclic) bond motifs is 1. The van der Waals surface area contributed by atoms with E-state index in [0.29, 0.717) is 0 Å². The molecule has 0 saturated heterocycles. The van der Waals surface area contributed by atoms with E-state index >= 15 is 0 Å². The molecule has 31 heavy (non-hydrogen) atoms. The summed E-state index contributed by atoms with van der Waals surface area (Å²) < 4.78 is 29.4. The van der Waals surface area contributed by atoms with E-state index in [2.05, 4.69) is 30.5 Å². The lowest BCUT2D eigenvalue weighted by molar-refractivity contribution is 0.514. The van der Waals surface area contributed by atoms with Crippen LogP contribution >= 0.6 is 0 Å². The van der Waals surface area contributed by atoms with Crippen molar-refractivity contribution in [3.8, 4) is 11.9 Å². The van der Waals surface area contributed by atoms with Crippen LogP contribution in [0.25, 0.3) is 16.7 Å². The van der Waals surface area contributed by atoms with Crippen LogP contribution in [0.15, 0.2) is 29.2 Å². The quantitative estimate of drug-likeness (QED) is 0.377. The molecule has 0 aliphatic rings. The molecular formula is C18H14F2N10O. The third-order valence-corrected chi connectivity index (χ3v) is 4.49. The van der Waals surface area contributed by atoms with E-state index < -0.39 is 28.8 Å². The molecule has 6 N–H and O–H groups in total. The van der Waals surface area contributed by atoms with Crippen molar-refractivity contribution in [2.45, 2.75) is 13.0 Å². The molecule has 0 amide bonds. The van der Waals surface area contributed by atoms with Crippen molar-refractivity contribution < 1.29 is 8.78 Å². The Hall–Kier alpha value is -4.60. The van der Waals surface area contributed by atoms with Gasteiger partial charge in [0.05, 0.1) is 17.6 Å². The molecule has 0 aliphatic heterocycles. The summed E-state index contributed by atoms with van der Waals surface area (Å²) in [6.45, 7) is 1.58. The molecule has 0 radical (unpaired) electrons. The Morgan fingerprint density at radius 2 is 2.00 bits per heavy atom. The monoisotopic (exact) mass is 424 g/mol. The molecule has 0 spiro atoms. The van der Waals surface area contributed by atoms with E-state index in [0.717, 1.165) is 16.7 Å². The number of hydrogen-bond acceptors (Lipinski definition) is 9. The van der Waals surface area contributed by atoms with Crippen molar-refractivity contribution >= 4 is 28.5 Å². The second kappa shape index (κ2) is 7.34. The maximum atomic E-state index is 14.4. The van der Waals surface area contributed by atoms with E-state index in [4.69, 9.17) is 11.5 Å². The molecule has 4 rings (SSSR count). The SMILES string of the molecule is CC(Nc1nc(N)nc(N)c1C#N)c1nc2c(F)c(F)ccc2c(=O)n1-c1ccn[nH]1. The molecule has 1 unspecified atom stereocenters. The third kappa shape index (κ3) is 3.25. The minimum atomic E-state index is -1.26. The van der Waals surface area contributed by atoms with Gasteiger partial charge in [0.2, 0.25) is 5.95 Å². The Labute approximate surface area is 172 Å². The molecule has 0 fully saturated rings. The summed E-state index contributed by atoms with van der Waals surface area (Å²) in [7, 11) is 0. The first-order chi connectivity index (χ1) is 14.8. The zero-order chi connectivity index (χ0) is 22.3. The maximum absolute atomic E-state index is 14.4. The van der Waals surface area contributed by atoms with Crippen LogP contribution in [0, 0.1) is 23.0 Å². The van der Waals surface area contributed by atoms with Gasteiger partial charge in [-0.25, -0.2) is 18.3 Å². The molecule has 1 aromatic carbocycles. The Kier molecular flexibility index (Phi) is 4.66. The molecule has 13 heteroatoms. The van der Waals surface area contributed by atoms with Gasteiger partial charge >= 0.3 is 0 Å². The van der Waals surface area contributed by atoms with Crippen LogP contribution in [-0.2, 0) is 0 Å². The number of aromatic amines is 1. The van der Waals surface area contributed by atoms with E-state index in [-0.39, 0.29) is 40.2 Å². The van der Waals surface area contributed by atoms with E-state index in [9.17, 15) is 18.8 Å². The molecule has 1 atom stereocenters. The van der Waals surface area contributed by atoms with Gasteiger partial charge < -0.3 is 16.8 Å². The fraction of sp³-hybridized carbons (Fsp3) is 0.111. The average Bonchev–Trinajstić information content (AvgIpc) is 3.24. The van der Waals surface area contributed by atoms with E-state index in [1.54, 1.807) is 6.92 Å². The first kappa shape index (κ1) is 19.7. The first-order valence-corrected chi connectivity index (χ1v) is 8.81. The summed E-state index contributed by atoms with van der Waals surface area (Å²) in [6.07, 6.45) is 1.42. The number of halogens is 2. The van der Waals surface area contributed by atoms with E-state index in [1.807, 2.05) is 6.07 Å². The zero-order valence-electron chi connectivity index (χ0n) is 15.9.